The van der Waals surface area contributed by atoms with E-state index in [2.05, 4.69) is 10.0 Å². The number of sulfonamides is 1. The molecule has 0 atom stereocenters. The van der Waals surface area contributed by atoms with E-state index in [1.165, 1.54) is 12.1 Å². The number of carbonyl (C=O) groups excluding carboxylic acids is 1. The summed E-state index contributed by atoms with van der Waals surface area (Å²) in [6, 6.07) is 6.53. The maximum Gasteiger partial charge on any atom is 0.240 e. The molecule has 0 spiro atoms. The molecule has 1 aromatic carbocycles. The molecular weight excluding hydrogens is 290 g/mol. The second-order valence-electron chi connectivity index (χ2n) is 3.76. The SMILES string of the molecule is Cc1ccc(S(=O)(=O)NCCNC(=O)CN)cc1.Cl. The van der Waals surface area contributed by atoms with Gasteiger partial charge in [-0.15, -0.1) is 12.4 Å². The summed E-state index contributed by atoms with van der Waals surface area (Å²) in [5.41, 5.74) is 6.08. The van der Waals surface area contributed by atoms with Crippen LogP contribution in [0.4, 0.5) is 0 Å². The highest BCUT2D eigenvalue weighted by molar-refractivity contribution is 7.89. The molecule has 0 radical (unpaired) electrons. The number of amides is 1. The summed E-state index contributed by atoms with van der Waals surface area (Å²) in [6.07, 6.45) is 0. The fourth-order valence-electron chi connectivity index (χ4n) is 1.26. The first kappa shape index (κ1) is 17.8. The molecule has 6 nitrogen and oxygen atoms in total. The highest BCUT2D eigenvalue weighted by atomic mass is 35.5. The van der Waals surface area contributed by atoms with Crippen LogP contribution in [0.3, 0.4) is 0 Å². The maximum absolute atomic E-state index is 11.8. The quantitative estimate of drug-likeness (QED) is 0.632. The van der Waals surface area contributed by atoms with Gasteiger partial charge in [0.15, 0.2) is 0 Å². The number of carbonyl (C=O) groups is 1. The van der Waals surface area contributed by atoms with E-state index < -0.39 is 10.0 Å². The van der Waals surface area contributed by atoms with Crippen molar-refractivity contribution in [1.29, 1.82) is 0 Å². The van der Waals surface area contributed by atoms with Crippen molar-refractivity contribution >= 4 is 28.3 Å². The first-order valence-electron chi connectivity index (χ1n) is 5.49. The Morgan fingerprint density at radius 3 is 2.32 bits per heavy atom. The van der Waals surface area contributed by atoms with Gasteiger partial charge in [-0.25, -0.2) is 13.1 Å². The van der Waals surface area contributed by atoms with E-state index in [1.54, 1.807) is 12.1 Å². The molecular formula is C11H18ClN3O3S. The third kappa shape index (κ3) is 6.02. The molecule has 0 aliphatic rings. The van der Waals surface area contributed by atoms with E-state index in [1.807, 2.05) is 6.92 Å². The van der Waals surface area contributed by atoms with E-state index in [0.717, 1.165) is 5.56 Å². The smallest absolute Gasteiger partial charge is 0.240 e. The van der Waals surface area contributed by atoms with E-state index in [4.69, 9.17) is 5.73 Å². The Kier molecular flexibility index (Phi) is 7.62. The number of halogens is 1. The Hall–Kier alpha value is -1.15. The van der Waals surface area contributed by atoms with Gasteiger partial charge in [0.2, 0.25) is 15.9 Å². The van der Waals surface area contributed by atoms with Crippen LogP contribution in [-0.2, 0) is 14.8 Å². The molecule has 0 heterocycles. The zero-order valence-corrected chi connectivity index (χ0v) is 12.2. The molecule has 0 unspecified atom stereocenters. The fraction of sp³-hybridized carbons (Fsp3) is 0.364. The van der Waals surface area contributed by atoms with Crippen LogP contribution in [0.15, 0.2) is 29.2 Å². The van der Waals surface area contributed by atoms with E-state index in [-0.39, 0.29) is 42.8 Å². The summed E-state index contributed by atoms with van der Waals surface area (Å²) in [5, 5.41) is 2.47. The van der Waals surface area contributed by atoms with Crippen molar-refractivity contribution in [3.8, 4) is 0 Å². The lowest BCUT2D eigenvalue weighted by Crippen LogP contribution is -2.37. The molecule has 0 saturated heterocycles. The summed E-state index contributed by atoms with van der Waals surface area (Å²) < 4.78 is 26.0. The van der Waals surface area contributed by atoms with Crippen LogP contribution in [0, 0.1) is 6.92 Å². The van der Waals surface area contributed by atoms with Crippen molar-refractivity contribution in [3.63, 3.8) is 0 Å². The van der Waals surface area contributed by atoms with Crippen molar-refractivity contribution in [3.05, 3.63) is 29.8 Å². The molecule has 1 rings (SSSR count). The molecule has 4 N–H and O–H groups in total. The lowest BCUT2D eigenvalue weighted by atomic mass is 10.2. The molecule has 19 heavy (non-hydrogen) atoms. The maximum atomic E-state index is 11.8. The van der Waals surface area contributed by atoms with Crippen LogP contribution in [0.1, 0.15) is 5.56 Å². The number of nitrogens with two attached hydrogens (primary N) is 1. The van der Waals surface area contributed by atoms with Crippen LogP contribution in [0.25, 0.3) is 0 Å². The van der Waals surface area contributed by atoms with Gasteiger partial charge in [0.25, 0.3) is 0 Å². The largest absolute Gasteiger partial charge is 0.354 e. The monoisotopic (exact) mass is 307 g/mol. The topological polar surface area (TPSA) is 101 Å². The van der Waals surface area contributed by atoms with Gasteiger partial charge in [-0.3, -0.25) is 4.79 Å². The molecule has 1 aromatic rings. The molecule has 0 fully saturated rings. The average molecular weight is 308 g/mol. The number of hydrogen-bond donors (Lipinski definition) is 3. The Morgan fingerprint density at radius 1 is 1.21 bits per heavy atom. The van der Waals surface area contributed by atoms with Gasteiger partial charge in [-0.05, 0) is 19.1 Å². The Morgan fingerprint density at radius 2 is 1.79 bits per heavy atom. The third-order valence-corrected chi connectivity index (χ3v) is 3.73. The van der Waals surface area contributed by atoms with Crippen molar-refractivity contribution in [2.24, 2.45) is 5.73 Å². The molecule has 108 valence electrons. The van der Waals surface area contributed by atoms with Crippen LogP contribution in [-0.4, -0.2) is 34.0 Å². The number of benzene rings is 1. The predicted octanol–water partition coefficient (Wildman–Crippen LogP) is -0.230. The van der Waals surface area contributed by atoms with Gasteiger partial charge >= 0.3 is 0 Å². The van der Waals surface area contributed by atoms with Gasteiger partial charge < -0.3 is 11.1 Å². The number of hydrogen-bond acceptors (Lipinski definition) is 4. The molecule has 0 aromatic heterocycles. The standard InChI is InChI=1S/C11H17N3O3S.ClH/c1-9-2-4-10(5-3-9)18(16,17)14-7-6-13-11(15)8-12;/h2-5,14H,6-8,12H2,1H3,(H,13,15);1H. The minimum absolute atomic E-state index is 0. The Balaban J connectivity index is 0.00000324. The first-order chi connectivity index (χ1) is 8.45. The lowest BCUT2D eigenvalue weighted by molar-refractivity contribution is -0.119. The number of nitrogens with one attached hydrogen (secondary N) is 2. The van der Waals surface area contributed by atoms with Crippen molar-refractivity contribution in [2.45, 2.75) is 11.8 Å². The summed E-state index contributed by atoms with van der Waals surface area (Å²) in [7, 11) is -3.51. The van der Waals surface area contributed by atoms with E-state index >= 15 is 0 Å². The second kappa shape index (κ2) is 8.11. The van der Waals surface area contributed by atoms with Gasteiger partial charge in [0.05, 0.1) is 11.4 Å². The normalized spacial score (nSPS) is 10.6. The highest BCUT2D eigenvalue weighted by Gasteiger charge is 2.12. The van der Waals surface area contributed by atoms with E-state index in [9.17, 15) is 13.2 Å². The van der Waals surface area contributed by atoms with Crippen molar-refractivity contribution < 1.29 is 13.2 Å². The average Bonchev–Trinajstić information content (AvgIpc) is 2.35. The van der Waals surface area contributed by atoms with Gasteiger partial charge in [-0.2, -0.15) is 0 Å². The van der Waals surface area contributed by atoms with Crippen LogP contribution in [0.2, 0.25) is 0 Å². The Labute approximate surface area is 119 Å². The summed E-state index contributed by atoms with van der Waals surface area (Å²) >= 11 is 0. The Bertz CT molecular complexity index is 502. The molecule has 1 amide bonds. The van der Waals surface area contributed by atoms with Gasteiger partial charge in [-0.1, -0.05) is 17.7 Å². The molecule has 0 bridgehead atoms. The van der Waals surface area contributed by atoms with Crippen molar-refractivity contribution in [2.75, 3.05) is 19.6 Å². The third-order valence-electron chi connectivity index (χ3n) is 2.26. The van der Waals surface area contributed by atoms with Crippen LogP contribution in [0.5, 0.6) is 0 Å². The fourth-order valence-corrected chi connectivity index (χ4v) is 2.29. The predicted molar refractivity (Wildman–Crippen MR) is 75.7 cm³/mol. The van der Waals surface area contributed by atoms with Crippen LogP contribution >= 0.6 is 12.4 Å². The zero-order chi connectivity index (χ0) is 13.6. The van der Waals surface area contributed by atoms with Gasteiger partial charge in [0, 0.05) is 13.1 Å². The minimum atomic E-state index is -3.51. The van der Waals surface area contributed by atoms with Gasteiger partial charge in [0.1, 0.15) is 0 Å². The highest BCUT2D eigenvalue weighted by Crippen LogP contribution is 2.09. The number of rotatable bonds is 6. The summed E-state index contributed by atoms with van der Waals surface area (Å²) in [4.78, 5) is 11.0. The van der Waals surface area contributed by atoms with Crippen LogP contribution < -0.4 is 15.8 Å². The summed E-state index contributed by atoms with van der Waals surface area (Å²) in [6.45, 7) is 2.11. The minimum Gasteiger partial charge on any atom is -0.354 e. The van der Waals surface area contributed by atoms with E-state index in [0.29, 0.717) is 0 Å². The first-order valence-corrected chi connectivity index (χ1v) is 6.97. The molecule has 0 aliphatic carbocycles. The summed E-state index contributed by atoms with van der Waals surface area (Å²) in [5.74, 6) is -0.315. The molecule has 8 heteroatoms. The molecule has 0 aliphatic heterocycles. The zero-order valence-electron chi connectivity index (χ0n) is 10.5. The number of aryl methyl sites for hydroxylation is 1. The molecule has 0 saturated carbocycles. The second-order valence-corrected chi connectivity index (χ2v) is 5.53. The lowest BCUT2D eigenvalue weighted by Gasteiger charge is -2.07. The van der Waals surface area contributed by atoms with Crippen molar-refractivity contribution in [1.82, 2.24) is 10.0 Å².